The number of carbonyl (C=O) groups is 1. The predicted molar refractivity (Wildman–Crippen MR) is 102 cm³/mol. The Kier molecular flexibility index (Phi) is 5.94. The number of carbonyl (C=O) groups excluding carboxylic acids is 1. The number of hydrogen-bond acceptors (Lipinski definition) is 3. The number of aromatic nitrogens is 1. The minimum Gasteiger partial charge on any atom is -0.474 e. The van der Waals surface area contributed by atoms with Crippen molar-refractivity contribution in [1.82, 2.24) is 10.3 Å². The maximum Gasteiger partial charge on any atom is 0.252 e. The number of rotatable bonds is 5. The first-order valence-corrected chi connectivity index (χ1v) is 9.42. The van der Waals surface area contributed by atoms with E-state index in [4.69, 9.17) is 16.3 Å². The van der Waals surface area contributed by atoms with E-state index < -0.39 is 0 Å². The van der Waals surface area contributed by atoms with Gasteiger partial charge < -0.3 is 10.1 Å². The van der Waals surface area contributed by atoms with Crippen molar-refractivity contribution in [3.05, 3.63) is 56.2 Å². The molecule has 4 nitrogen and oxygen atoms in total. The topological polar surface area (TPSA) is 51.2 Å². The first-order valence-electron chi connectivity index (χ1n) is 7.96. The molecule has 2 aromatic rings. The lowest BCUT2D eigenvalue weighted by atomic mass is 10.2. The van der Waals surface area contributed by atoms with Crippen molar-refractivity contribution in [3.8, 4) is 5.88 Å². The van der Waals surface area contributed by atoms with Crippen LogP contribution in [0.3, 0.4) is 0 Å². The second-order valence-corrected chi connectivity index (χ2v) is 7.43. The van der Waals surface area contributed by atoms with Crippen molar-refractivity contribution in [2.24, 2.45) is 0 Å². The van der Waals surface area contributed by atoms with Gasteiger partial charge in [-0.1, -0.05) is 11.6 Å². The van der Waals surface area contributed by atoms with Gasteiger partial charge in [-0.15, -0.1) is 0 Å². The van der Waals surface area contributed by atoms with Gasteiger partial charge in [0.15, 0.2) is 0 Å². The average molecular weight is 457 g/mol. The van der Waals surface area contributed by atoms with Crippen molar-refractivity contribution in [3.63, 3.8) is 0 Å². The predicted octanol–water partition coefficient (Wildman–Crippen LogP) is 4.59. The molecule has 1 aliphatic rings. The van der Waals surface area contributed by atoms with Crippen LogP contribution in [0, 0.1) is 3.57 Å². The SMILES string of the molecule is O=C(NCc1ccnc(OC2CCCC2)c1)c1cc(Cl)ccc1I. The summed E-state index contributed by atoms with van der Waals surface area (Å²) >= 11 is 8.10. The Bertz CT molecular complexity index is 733. The van der Waals surface area contributed by atoms with Gasteiger partial charge in [0.1, 0.15) is 6.10 Å². The summed E-state index contributed by atoms with van der Waals surface area (Å²) in [5.74, 6) is 0.489. The van der Waals surface area contributed by atoms with E-state index in [9.17, 15) is 4.79 Å². The Morgan fingerprint density at radius 2 is 2.08 bits per heavy atom. The second kappa shape index (κ2) is 8.16. The molecule has 24 heavy (non-hydrogen) atoms. The summed E-state index contributed by atoms with van der Waals surface area (Å²) in [5.41, 5.74) is 1.54. The summed E-state index contributed by atoms with van der Waals surface area (Å²) in [6.45, 7) is 0.422. The van der Waals surface area contributed by atoms with Gasteiger partial charge >= 0.3 is 0 Å². The summed E-state index contributed by atoms with van der Waals surface area (Å²) in [7, 11) is 0. The third-order valence-corrected chi connectivity index (χ3v) is 5.19. The number of nitrogens with zero attached hydrogens (tertiary/aromatic N) is 1. The number of pyridine rings is 1. The molecule has 0 atom stereocenters. The lowest BCUT2D eigenvalue weighted by Crippen LogP contribution is -2.23. The smallest absolute Gasteiger partial charge is 0.252 e. The molecule has 1 N–H and O–H groups in total. The molecule has 1 heterocycles. The van der Waals surface area contributed by atoms with Gasteiger partial charge in [0.05, 0.1) is 5.56 Å². The molecule has 1 aromatic carbocycles. The highest BCUT2D eigenvalue weighted by Gasteiger charge is 2.17. The molecule has 0 saturated heterocycles. The van der Waals surface area contributed by atoms with Crippen LogP contribution in [0.25, 0.3) is 0 Å². The van der Waals surface area contributed by atoms with E-state index in [1.54, 1.807) is 18.3 Å². The van der Waals surface area contributed by atoms with Gasteiger partial charge in [0, 0.05) is 27.4 Å². The molecule has 0 bridgehead atoms. The number of amides is 1. The molecule has 1 aliphatic carbocycles. The quantitative estimate of drug-likeness (QED) is 0.670. The van der Waals surface area contributed by atoms with Crippen LogP contribution in [0.4, 0.5) is 0 Å². The minimum atomic E-state index is -0.142. The number of nitrogens with one attached hydrogen (secondary N) is 1. The number of ether oxygens (including phenoxy) is 1. The van der Waals surface area contributed by atoms with Gasteiger partial charge in [-0.25, -0.2) is 4.98 Å². The Morgan fingerprint density at radius 3 is 2.88 bits per heavy atom. The van der Waals surface area contributed by atoms with Crippen LogP contribution in [0.5, 0.6) is 5.88 Å². The van der Waals surface area contributed by atoms with Gasteiger partial charge in [-0.05, 0) is 78.1 Å². The third kappa shape index (κ3) is 4.60. The van der Waals surface area contributed by atoms with Crippen molar-refractivity contribution < 1.29 is 9.53 Å². The van der Waals surface area contributed by atoms with Crippen LogP contribution >= 0.6 is 34.2 Å². The molecular weight excluding hydrogens is 439 g/mol. The lowest BCUT2D eigenvalue weighted by Gasteiger charge is -2.13. The molecule has 0 spiro atoms. The van der Waals surface area contributed by atoms with E-state index in [0.717, 1.165) is 22.0 Å². The molecule has 6 heteroatoms. The zero-order valence-electron chi connectivity index (χ0n) is 13.1. The molecule has 1 fully saturated rings. The zero-order chi connectivity index (χ0) is 16.9. The highest BCUT2D eigenvalue weighted by atomic mass is 127. The monoisotopic (exact) mass is 456 g/mol. The first-order chi connectivity index (χ1) is 11.6. The van der Waals surface area contributed by atoms with E-state index in [1.165, 1.54) is 12.8 Å². The van der Waals surface area contributed by atoms with E-state index in [2.05, 4.69) is 32.9 Å². The van der Waals surface area contributed by atoms with Crippen LogP contribution in [-0.2, 0) is 6.54 Å². The number of benzene rings is 1. The summed E-state index contributed by atoms with van der Waals surface area (Å²) in [5, 5.41) is 3.47. The van der Waals surface area contributed by atoms with Gasteiger partial charge in [-0.2, -0.15) is 0 Å². The maximum absolute atomic E-state index is 12.3. The highest BCUT2D eigenvalue weighted by molar-refractivity contribution is 14.1. The third-order valence-electron chi connectivity index (χ3n) is 4.01. The highest BCUT2D eigenvalue weighted by Crippen LogP contribution is 2.23. The van der Waals surface area contributed by atoms with Crippen molar-refractivity contribution in [2.75, 3.05) is 0 Å². The van der Waals surface area contributed by atoms with Crippen LogP contribution in [0.1, 0.15) is 41.6 Å². The van der Waals surface area contributed by atoms with Crippen LogP contribution in [-0.4, -0.2) is 17.0 Å². The summed E-state index contributed by atoms with van der Waals surface area (Å²) < 4.78 is 6.77. The fraction of sp³-hybridized carbons (Fsp3) is 0.333. The van der Waals surface area contributed by atoms with Gasteiger partial charge in [0.25, 0.3) is 5.91 Å². The van der Waals surface area contributed by atoms with Crippen molar-refractivity contribution >= 4 is 40.1 Å². The normalized spacial score (nSPS) is 14.6. The van der Waals surface area contributed by atoms with Crippen LogP contribution in [0.15, 0.2) is 36.5 Å². The molecule has 0 aliphatic heterocycles. The Hall–Kier alpha value is -1.34. The van der Waals surface area contributed by atoms with E-state index in [0.29, 0.717) is 23.0 Å². The van der Waals surface area contributed by atoms with E-state index in [-0.39, 0.29) is 12.0 Å². The molecule has 0 unspecified atom stereocenters. The van der Waals surface area contributed by atoms with Crippen LogP contribution < -0.4 is 10.1 Å². The molecule has 1 amide bonds. The molecule has 3 rings (SSSR count). The maximum atomic E-state index is 12.3. The van der Waals surface area contributed by atoms with Crippen molar-refractivity contribution in [2.45, 2.75) is 38.3 Å². The van der Waals surface area contributed by atoms with E-state index >= 15 is 0 Å². The molecule has 126 valence electrons. The fourth-order valence-electron chi connectivity index (χ4n) is 2.75. The molecule has 0 radical (unpaired) electrons. The summed E-state index contributed by atoms with van der Waals surface area (Å²) in [4.78, 5) is 16.6. The Balaban J connectivity index is 1.61. The van der Waals surface area contributed by atoms with Crippen molar-refractivity contribution in [1.29, 1.82) is 0 Å². The largest absolute Gasteiger partial charge is 0.474 e. The standard InChI is InChI=1S/C18H18ClIN2O2/c19-13-5-6-16(20)15(10-13)18(23)22-11-12-7-8-21-17(9-12)24-14-3-1-2-4-14/h5-10,14H,1-4,11H2,(H,22,23). The van der Waals surface area contributed by atoms with Gasteiger partial charge in [0.2, 0.25) is 5.88 Å². The molecule has 1 saturated carbocycles. The van der Waals surface area contributed by atoms with Crippen LogP contribution in [0.2, 0.25) is 5.02 Å². The Labute approximate surface area is 160 Å². The average Bonchev–Trinajstić information content (AvgIpc) is 3.08. The zero-order valence-corrected chi connectivity index (χ0v) is 16.0. The number of halogens is 2. The molecule has 1 aromatic heterocycles. The summed E-state index contributed by atoms with van der Waals surface area (Å²) in [6, 6.07) is 9.06. The molecular formula is C18H18ClIN2O2. The summed E-state index contributed by atoms with van der Waals surface area (Å²) in [6.07, 6.45) is 6.62. The number of hydrogen-bond donors (Lipinski definition) is 1. The first kappa shape index (κ1) is 17.5. The minimum absolute atomic E-state index is 0.142. The van der Waals surface area contributed by atoms with Gasteiger partial charge in [-0.3, -0.25) is 4.79 Å². The van der Waals surface area contributed by atoms with E-state index in [1.807, 2.05) is 18.2 Å². The Morgan fingerprint density at radius 1 is 1.29 bits per heavy atom. The lowest BCUT2D eigenvalue weighted by molar-refractivity contribution is 0.0950. The second-order valence-electron chi connectivity index (χ2n) is 5.83. The fourth-order valence-corrected chi connectivity index (χ4v) is 3.50.